The lowest BCUT2D eigenvalue weighted by molar-refractivity contribution is -0.142. The van der Waals surface area contributed by atoms with Crippen molar-refractivity contribution < 1.29 is 23.9 Å². The molecule has 10 rings (SSSR count). The summed E-state index contributed by atoms with van der Waals surface area (Å²) in [6.45, 7) is 11.1. The summed E-state index contributed by atoms with van der Waals surface area (Å²) in [6.07, 6.45) is 3.14. The lowest BCUT2D eigenvalue weighted by atomic mass is 9.84. The SMILES string of the molecule is CC1(C)CN(C(=O)Cn2c(=O)c(C(=O)NCc3ccc(Cl)cc3)cc3c(Cl)c(Br)cnc32)C1.CC1(C)CN(C(=O)Cn2c(=O)c(C(=O)NCc3ccc(Cl)cc3)cc3c4c(cnc32)-c2ccccc2CO4)C1. The van der Waals surface area contributed by atoms with Crippen LogP contribution >= 0.6 is 50.7 Å². The van der Waals surface area contributed by atoms with Crippen molar-refractivity contribution in [3.8, 4) is 16.9 Å². The number of fused-ring (bicyclic) bond motifs is 6. The molecule has 0 atom stereocenters. The Labute approximate surface area is 437 Å². The zero-order chi connectivity index (χ0) is 51.2. The number of ether oxygens (including phenoxy) is 1. The van der Waals surface area contributed by atoms with Crippen LogP contribution in [0.4, 0.5) is 0 Å². The molecule has 72 heavy (non-hydrogen) atoms. The van der Waals surface area contributed by atoms with E-state index < -0.39 is 22.9 Å². The average Bonchev–Trinajstić information content (AvgIpc) is 3.34. The zero-order valence-electron chi connectivity index (χ0n) is 39.7. The second kappa shape index (κ2) is 20.1. The number of hydrogen-bond acceptors (Lipinski definition) is 9. The van der Waals surface area contributed by atoms with E-state index in [1.807, 2.05) is 24.3 Å². The molecule has 19 heteroatoms. The summed E-state index contributed by atoms with van der Waals surface area (Å²) in [5, 5.41) is 7.96. The Morgan fingerprint density at radius 3 is 1.60 bits per heavy atom. The highest BCUT2D eigenvalue weighted by Gasteiger charge is 2.39. The van der Waals surface area contributed by atoms with Gasteiger partial charge in [0.05, 0.1) is 14.9 Å². The van der Waals surface area contributed by atoms with Crippen molar-refractivity contribution in [3.63, 3.8) is 0 Å². The molecule has 370 valence electrons. The van der Waals surface area contributed by atoms with Gasteiger partial charge in [-0.2, -0.15) is 0 Å². The summed E-state index contributed by atoms with van der Waals surface area (Å²) in [4.78, 5) is 91.5. The quantitative estimate of drug-likeness (QED) is 0.136. The largest absolute Gasteiger partial charge is 0.487 e. The Morgan fingerprint density at radius 1 is 0.639 bits per heavy atom. The molecule has 4 aromatic heterocycles. The van der Waals surface area contributed by atoms with Gasteiger partial charge in [-0.15, -0.1) is 0 Å². The number of nitrogens with zero attached hydrogens (tertiary/aromatic N) is 6. The second-order valence-electron chi connectivity index (χ2n) is 19.7. The van der Waals surface area contributed by atoms with Crippen molar-refractivity contribution in [3.05, 3.63) is 165 Å². The van der Waals surface area contributed by atoms with Gasteiger partial charge in [0.15, 0.2) is 0 Å². The molecule has 2 saturated heterocycles. The molecule has 2 N–H and O–H groups in total. The number of pyridine rings is 4. The molecule has 0 radical (unpaired) electrons. The summed E-state index contributed by atoms with van der Waals surface area (Å²) >= 11 is 21.6. The number of nitrogens with one attached hydrogen (secondary N) is 2. The van der Waals surface area contributed by atoms with Crippen LogP contribution in [0.1, 0.15) is 65.1 Å². The molecule has 3 aliphatic rings. The van der Waals surface area contributed by atoms with Gasteiger partial charge < -0.3 is 25.2 Å². The molecule has 15 nitrogen and oxygen atoms in total. The Hall–Kier alpha value is -6.59. The molecule has 0 bridgehead atoms. The number of carbonyl (C=O) groups excluding carboxylic acids is 4. The number of halogens is 4. The van der Waals surface area contributed by atoms with Gasteiger partial charge >= 0.3 is 0 Å². The van der Waals surface area contributed by atoms with E-state index in [4.69, 9.17) is 39.5 Å². The van der Waals surface area contributed by atoms with Crippen LogP contribution < -0.4 is 26.5 Å². The first kappa shape index (κ1) is 50.4. The summed E-state index contributed by atoms with van der Waals surface area (Å²) in [5.74, 6) is -0.979. The third-order valence-electron chi connectivity index (χ3n) is 12.7. The number of hydrogen-bond donors (Lipinski definition) is 2. The molecule has 3 aliphatic heterocycles. The maximum absolute atomic E-state index is 13.7. The van der Waals surface area contributed by atoms with E-state index in [1.54, 1.807) is 64.5 Å². The highest BCUT2D eigenvalue weighted by Crippen LogP contribution is 2.41. The van der Waals surface area contributed by atoms with Gasteiger partial charge in [-0.3, -0.25) is 37.9 Å². The van der Waals surface area contributed by atoms with Crippen molar-refractivity contribution in [2.24, 2.45) is 10.8 Å². The molecule has 0 saturated carbocycles. The normalized spacial score (nSPS) is 14.9. The summed E-state index contributed by atoms with van der Waals surface area (Å²) in [6, 6.07) is 24.9. The van der Waals surface area contributed by atoms with Crippen molar-refractivity contribution in [1.29, 1.82) is 0 Å². The van der Waals surface area contributed by atoms with Crippen LogP contribution in [0.3, 0.4) is 0 Å². The fourth-order valence-electron chi connectivity index (χ4n) is 9.14. The topological polar surface area (TPSA) is 178 Å². The van der Waals surface area contributed by atoms with Gasteiger partial charge in [0.2, 0.25) is 11.8 Å². The molecule has 3 aromatic carbocycles. The molecule has 2 fully saturated rings. The van der Waals surface area contributed by atoms with Crippen molar-refractivity contribution in [2.45, 2.75) is 60.5 Å². The van der Waals surface area contributed by atoms with E-state index >= 15 is 0 Å². The third-order valence-corrected chi connectivity index (χ3v) is 14.5. The van der Waals surface area contributed by atoms with Crippen LogP contribution in [0, 0.1) is 10.8 Å². The smallest absolute Gasteiger partial charge is 0.265 e. The molecule has 7 heterocycles. The van der Waals surface area contributed by atoms with Crippen LogP contribution in [0.2, 0.25) is 15.1 Å². The summed E-state index contributed by atoms with van der Waals surface area (Å²) < 4.78 is 9.19. The van der Waals surface area contributed by atoms with Gasteiger partial charge in [0, 0.05) is 72.7 Å². The molecule has 0 unspecified atom stereocenters. The van der Waals surface area contributed by atoms with Crippen LogP contribution in [-0.4, -0.2) is 78.7 Å². The van der Waals surface area contributed by atoms with E-state index in [0.29, 0.717) is 74.5 Å². The second-order valence-corrected chi connectivity index (χ2v) is 21.8. The predicted octanol–water partition coefficient (Wildman–Crippen LogP) is 8.67. The minimum Gasteiger partial charge on any atom is -0.487 e. The minimum absolute atomic E-state index is 0.0463. The fourth-order valence-corrected chi connectivity index (χ4v) is 9.89. The van der Waals surface area contributed by atoms with E-state index in [2.05, 4.69) is 64.2 Å². The maximum atomic E-state index is 13.7. The van der Waals surface area contributed by atoms with Crippen molar-refractivity contribution >= 4 is 96.4 Å². The highest BCUT2D eigenvalue weighted by molar-refractivity contribution is 9.10. The predicted molar refractivity (Wildman–Crippen MR) is 280 cm³/mol. The average molecular weight is 1100 g/mol. The lowest BCUT2D eigenvalue weighted by Gasteiger charge is -2.45. The number of amides is 4. The van der Waals surface area contributed by atoms with Crippen LogP contribution in [0.25, 0.3) is 33.2 Å². The molecule has 7 aromatic rings. The van der Waals surface area contributed by atoms with E-state index in [1.165, 1.54) is 27.5 Å². The molecular formula is C53H48BrCl3N8O7. The zero-order valence-corrected chi connectivity index (χ0v) is 43.5. The number of likely N-dealkylation sites (tertiary alicyclic amines) is 2. The van der Waals surface area contributed by atoms with Crippen LogP contribution in [-0.2, 0) is 42.4 Å². The van der Waals surface area contributed by atoms with E-state index in [0.717, 1.165) is 27.8 Å². The van der Waals surface area contributed by atoms with Crippen molar-refractivity contribution in [2.75, 3.05) is 26.2 Å². The molecule has 4 amide bonds. The summed E-state index contributed by atoms with van der Waals surface area (Å²) in [5.41, 5.74) is 3.73. The van der Waals surface area contributed by atoms with Gasteiger partial charge in [0.1, 0.15) is 47.9 Å². The molecule has 0 spiro atoms. The Bertz CT molecular complexity index is 3460. The monoisotopic (exact) mass is 1090 g/mol. The minimum atomic E-state index is -0.602. The summed E-state index contributed by atoms with van der Waals surface area (Å²) in [7, 11) is 0. The van der Waals surface area contributed by atoms with Crippen molar-refractivity contribution in [1.82, 2.24) is 39.5 Å². The van der Waals surface area contributed by atoms with E-state index in [9.17, 15) is 28.8 Å². The number of carbonyl (C=O) groups is 4. The Morgan fingerprint density at radius 2 is 1.10 bits per heavy atom. The standard InChI is InChI=1S/C30H27ClN4O4.C23H21BrCl2N4O3/c1-30(2)16-34(17-30)25(36)14-35-27-22(26-24(13-32-27)21-6-4-3-5-19(21)15-39-26)11-23(29(35)38)28(37)33-12-18-7-9-20(31)10-8-18;1-23(2)11-29(12-23)18(31)10-30-20-15(19(26)17(24)9-27-20)7-16(22(30)33)21(32)28-8-13-3-5-14(25)6-4-13/h3-11,13H,12,14-17H2,1-2H3,(H,33,37);3-7,9H,8,10-12H2,1-2H3,(H,28,32). The highest BCUT2D eigenvalue weighted by atomic mass is 79.9. The molecule has 0 aliphatic carbocycles. The first-order valence-corrected chi connectivity index (χ1v) is 24.9. The lowest BCUT2D eigenvalue weighted by Crippen LogP contribution is -2.56. The fraction of sp³-hybridized carbons (Fsp3) is 0.283. The molecular weight excluding hydrogens is 1050 g/mol. The van der Waals surface area contributed by atoms with Gasteiger partial charge in [-0.1, -0.05) is 111 Å². The first-order valence-electron chi connectivity index (χ1n) is 23.0. The van der Waals surface area contributed by atoms with Gasteiger partial charge in [-0.05, 0) is 85.4 Å². The number of benzene rings is 3. The van der Waals surface area contributed by atoms with E-state index in [-0.39, 0.29) is 65.6 Å². The third kappa shape index (κ3) is 10.5. The Balaban J connectivity index is 0.000000181. The van der Waals surface area contributed by atoms with Gasteiger partial charge in [0.25, 0.3) is 22.9 Å². The van der Waals surface area contributed by atoms with Crippen LogP contribution in [0.15, 0.2) is 111 Å². The number of rotatable bonds is 10. The number of aromatic nitrogens is 4. The Kier molecular flexibility index (Phi) is 14.1. The first-order chi connectivity index (χ1) is 34.3. The van der Waals surface area contributed by atoms with Gasteiger partial charge in [-0.25, -0.2) is 9.97 Å². The maximum Gasteiger partial charge on any atom is 0.265 e. The van der Waals surface area contributed by atoms with Crippen LogP contribution in [0.5, 0.6) is 5.75 Å².